The number of ether oxygens (including phenoxy) is 2. The van der Waals surface area contributed by atoms with Gasteiger partial charge in [-0.2, -0.15) is 0 Å². The molecule has 2 atom stereocenters. The minimum Gasteiger partial charge on any atom is -0.434 e. The molecule has 0 heterocycles. The third-order valence-corrected chi connectivity index (χ3v) is 8.56. The summed E-state index contributed by atoms with van der Waals surface area (Å²) in [6.45, 7) is 5.08. The molecule has 0 bridgehead atoms. The monoisotopic (exact) mass is 590 g/mol. The Hall–Kier alpha value is -3.85. The van der Waals surface area contributed by atoms with Crippen molar-refractivity contribution in [3.05, 3.63) is 143 Å². The van der Waals surface area contributed by atoms with E-state index in [0.717, 1.165) is 12.8 Å². The molecule has 232 valence electrons. The molecule has 0 saturated heterocycles. The first-order valence-electron chi connectivity index (χ1n) is 16.7. The number of carbonyl (C=O) groups excluding carboxylic acids is 1. The van der Waals surface area contributed by atoms with E-state index >= 15 is 0 Å². The van der Waals surface area contributed by atoms with E-state index in [0.29, 0.717) is 26.1 Å². The van der Waals surface area contributed by atoms with Gasteiger partial charge in [-0.05, 0) is 71.9 Å². The summed E-state index contributed by atoms with van der Waals surface area (Å²) >= 11 is 0. The Kier molecular flexibility index (Phi) is 14.1. The van der Waals surface area contributed by atoms with Crippen molar-refractivity contribution in [3.8, 4) is 0 Å². The number of hydrogen-bond donors (Lipinski definition) is 0. The van der Waals surface area contributed by atoms with Crippen molar-refractivity contribution in [2.24, 2.45) is 0 Å². The maximum atomic E-state index is 12.6. The Morgan fingerprint density at radius 3 is 1.23 bits per heavy atom. The zero-order valence-corrected chi connectivity index (χ0v) is 26.8. The van der Waals surface area contributed by atoms with Crippen molar-refractivity contribution < 1.29 is 14.3 Å². The van der Waals surface area contributed by atoms with Gasteiger partial charge in [0.25, 0.3) is 0 Å². The second-order valence-electron chi connectivity index (χ2n) is 11.8. The summed E-state index contributed by atoms with van der Waals surface area (Å²) in [4.78, 5) is 12.6. The van der Waals surface area contributed by atoms with Crippen molar-refractivity contribution in [1.29, 1.82) is 0 Å². The van der Waals surface area contributed by atoms with Crippen LogP contribution in [0.5, 0.6) is 0 Å². The molecule has 0 aliphatic rings. The minimum atomic E-state index is -0.596. The molecule has 0 radical (unpaired) electrons. The van der Waals surface area contributed by atoms with Crippen LogP contribution in [-0.2, 0) is 22.3 Å². The van der Waals surface area contributed by atoms with Crippen molar-refractivity contribution >= 4 is 6.16 Å². The minimum absolute atomic E-state index is 0.154. The van der Waals surface area contributed by atoms with Crippen LogP contribution >= 0.6 is 0 Å². The van der Waals surface area contributed by atoms with E-state index < -0.39 is 6.16 Å². The third-order valence-electron chi connectivity index (χ3n) is 8.56. The van der Waals surface area contributed by atoms with Crippen LogP contribution in [0, 0.1) is 0 Å². The quantitative estimate of drug-likeness (QED) is 0.0854. The molecule has 0 aliphatic carbocycles. The highest BCUT2D eigenvalue weighted by atomic mass is 16.7. The largest absolute Gasteiger partial charge is 0.508 e. The topological polar surface area (TPSA) is 35.5 Å². The highest BCUT2D eigenvalue weighted by Crippen LogP contribution is 2.30. The number of carbonyl (C=O) groups is 1. The Morgan fingerprint density at radius 1 is 0.500 bits per heavy atom. The fourth-order valence-corrected chi connectivity index (χ4v) is 5.98. The maximum Gasteiger partial charge on any atom is 0.508 e. The number of hydrogen-bond acceptors (Lipinski definition) is 3. The molecule has 4 aromatic rings. The lowest BCUT2D eigenvalue weighted by Gasteiger charge is -2.20. The molecule has 0 aliphatic heterocycles. The van der Waals surface area contributed by atoms with Gasteiger partial charge in [0.15, 0.2) is 0 Å². The predicted molar refractivity (Wildman–Crippen MR) is 182 cm³/mol. The number of rotatable bonds is 18. The van der Waals surface area contributed by atoms with Crippen LogP contribution < -0.4 is 0 Å². The highest BCUT2D eigenvalue weighted by Gasteiger charge is 2.18. The van der Waals surface area contributed by atoms with Crippen LogP contribution in [0.15, 0.2) is 109 Å². The van der Waals surface area contributed by atoms with Gasteiger partial charge >= 0.3 is 6.16 Å². The summed E-state index contributed by atoms with van der Waals surface area (Å²) < 4.78 is 11.2. The third kappa shape index (κ3) is 10.7. The van der Waals surface area contributed by atoms with Gasteiger partial charge in [0.05, 0.1) is 13.2 Å². The van der Waals surface area contributed by atoms with Gasteiger partial charge in [0.2, 0.25) is 0 Å². The van der Waals surface area contributed by atoms with Crippen molar-refractivity contribution in [3.63, 3.8) is 0 Å². The summed E-state index contributed by atoms with van der Waals surface area (Å²) in [7, 11) is 0. The molecular formula is C41H50O3. The van der Waals surface area contributed by atoms with E-state index in [1.807, 2.05) is 12.1 Å². The Morgan fingerprint density at radius 2 is 0.864 bits per heavy atom. The average Bonchev–Trinajstić information content (AvgIpc) is 3.07. The first kappa shape index (κ1) is 33.1. The van der Waals surface area contributed by atoms with Gasteiger partial charge < -0.3 is 9.47 Å². The summed E-state index contributed by atoms with van der Waals surface area (Å²) in [6, 6.07) is 38.9. The Balaban J connectivity index is 1.31. The van der Waals surface area contributed by atoms with Crippen LogP contribution in [0.4, 0.5) is 4.79 Å². The molecule has 4 rings (SSSR count). The summed E-state index contributed by atoms with van der Waals surface area (Å²) in [5, 5.41) is 0. The molecule has 0 spiro atoms. The average molecular weight is 591 g/mol. The lowest BCUT2D eigenvalue weighted by molar-refractivity contribution is 0.0524. The van der Waals surface area contributed by atoms with Crippen molar-refractivity contribution in [2.75, 3.05) is 13.2 Å². The Labute approximate surface area is 265 Å². The molecule has 3 heteroatoms. The predicted octanol–water partition coefficient (Wildman–Crippen LogP) is 11.0. The molecule has 0 amide bonds. The highest BCUT2D eigenvalue weighted by molar-refractivity contribution is 5.59. The van der Waals surface area contributed by atoms with E-state index in [2.05, 4.69) is 111 Å². The molecule has 2 unspecified atom stereocenters. The molecule has 44 heavy (non-hydrogen) atoms. The van der Waals surface area contributed by atoms with E-state index in [1.54, 1.807) is 0 Å². The smallest absolute Gasteiger partial charge is 0.434 e. The van der Waals surface area contributed by atoms with Crippen LogP contribution in [-0.4, -0.2) is 19.4 Å². The normalized spacial score (nSPS) is 12.4. The van der Waals surface area contributed by atoms with Crippen LogP contribution in [0.1, 0.15) is 110 Å². The lowest BCUT2D eigenvalue weighted by atomic mass is 9.88. The fraction of sp³-hybridized carbons (Fsp3) is 0.390. The fourth-order valence-electron chi connectivity index (χ4n) is 5.98. The number of unbranched alkanes of at least 4 members (excludes halogenated alkanes) is 4. The summed E-state index contributed by atoms with van der Waals surface area (Å²) in [5.74, 6) is 0.308. The molecule has 0 saturated carbocycles. The summed E-state index contributed by atoms with van der Waals surface area (Å²) in [6.07, 6.45) is 10.5. The van der Waals surface area contributed by atoms with Crippen LogP contribution in [0.3, 0.4) is 0 Å². The van der Waals surface area contributed by atoms with Gasteiger partial charge in [-0.25, -0.2) is 4.79 Å². The van der Waals surface area contributed by atoms with Crippen LogP contribution in [0.2, 0.25) is 0 Å². The second kappa shape index (κ2) is 18.7. The van der Waals surface area contributed by atoms with Crippen molar-refractivity contribution in [2.45, 2.75) is 89.9 Å². The van der Waals surface area contributed by atoms with Crippen molar-refractivity contribution in [1.82, 2.24) is 0 Å². The summed E-state index contributed by atoms with van der Waals surface area (Å²) in [5.41, 5.74) is 7.70. The van der Waals surface area contributed by atoms with E-state index in [-0.39, 0.29) is 11.8 Å². The molecule has 3 nitrogen and oxygen atoms in total. The molecular weight excluding hydrogens is 540 g/mol. The Bertz CT molecular complexity index is 1230. The van der Waals surface area contributed by atoms with Gasteiger partial charge in [-0.3, -0.25) is 0 Å². The van der Waals surface area contributed by atoms with Gasteiger partial charge in [0, 0.05) is 11.8 Å². The zero-order chi connectivity index (χ0) is 30.8. The standard InChI is InChI=1S/C41H50O3/c1-3-5-9-15-33-21-25-37(26-22-33)39(35-17-11-7-12-18-35)29-31-43-41(42)44-32-30-40(36-19-13-8-14-20-36)38-27-23-34(24-28-38)16-10-6-4-2/h7-8,11-14,17-28,39-40H,3-6,9-10,15-16,29-32H2,1-2H3. The van der Waals surface area contributed by atoms with E-state index in [1.165, 1.54) is 71.9 Å². The molecule has 0 fully saturated rings. The van der Waals surface area contributed by atoms with E-state index in [4.69, 9.17) is 9.47 Å². The molecule has 4 aromatic carbocycles. The number of aryl methyl sites for hydroxylation is 2. The first-order valence-corrected chi connectivity index (χ1v) is 16.7. The zero-order valence-electron chi connectivity index (χ0n) is 26.8. The van der Waals surface area contributed by atoms with E-state index in [9.17, 15) is 4.79 Å². The van der Waals surface area contributed by atoms with Gasteiger partial charge in [-0.15, -0.1) is 0 Å². The lowest BCUT2D eigenvalue weighted by Crippen LogP contribution is -2.14. The molecule has 0 aromatic heterocycles. The first-order chi connectivity index (χ1) is 21.7. The SMILES string of the molecule is CCCCCc1ccc(C(CCOC(=O)OCCC(c2ccccc2)c2ccc(CCCCC)cc2)c2ccccc2)cc1. The van der Waals surface area contributed by atoms with Gasteiger partial charge in [-0.1, -0.05) is 149 Å². The van der Waals surface area contributed by atoms with Crippen LogP contribution in [0.25, 0.3) is 0 Å². The van der Waals surface area contributed by atoms with Gasteiger partial charge in [0.1, 0.15) is 0 Å². The maximum absolute atomic E-state index is 12.6. The molecule has 0 N–H and O–H groups in total. The second-order valence-corrected chi connectivity index (χ2v) is 11.8. The number of benzene rings is 4.